The Labute approximate surface area is 87.2 Å². The molecule has 0 saturated carbocycles. The molecule has 2 aromatic rings. The van der Waals surface area contributed by atoms with Crippen LogP contribution in [0, 0.1) is 24.6 Å². The fraction of sp³-hybridized carbons (Fsp3) is 0.0769. The highest BCUT2D eigenvalue weighted by atomic mass is 19.1. The lowest BCUT2D eigenvalue weighted by Crippen LogP contribution is -1.91. The molecule has 2 heteroatoms. The molecule has 0 saturated heterocycles. The van der Waals surface area contributed by atoms with Crippen LogP contribution in [0.25, 0.3) is 11.1 Å². The summed E-state index contributed by atoms with van der Waals surface area (Å²) < 4.78 is 26.9. The van der Waals surface area contributed by atoms with Gasteiger partial charge >= 0.3 is 0 Å². The average Bonchev–Trinajstić information content (AvgIpc) is 2.20. The molecule has 75 valence electrons. The highest BCUT2D eigenvalue weighted by Crippen LogP contribution is 2.27. The van der Waals surface area contributed by atoms with Crippen molar-refractivity contribution < 1.29 is 8.78 Å². The summed E-state index contributed by atoms with van der Waals surface area (Å²) in [4.78, 5) is 0. The van der Waals surface area contributed by atoms with Gasteiger partial charge in [-0.1, -0.05) is 24.3 Å². The Morgan fingerprint density at radius 1 is 1.00 bits per heavy atom. The van der Waals surface area contributed by atoms with E-state index in [9.17, 15) is 8.78 Å². The predicted molar refractivity (Wildman–Crippen MR) is 55.4 cm³/mol. The van der Waals surface area contributed by atoms with Crippen LogP contribution in [0.5, 0.6) is 0 Å². The highest BCUT2D eigenvalue weighted by molar-refractivity contribution is 5.67. The second-order valence-corrected chi connectivity index (χ2v) is 3.32. The summed E-state index contributed by atoms with van der Waals surface area (Å²) in [5.74, 6) is -1.11. The molecular weight excluding hydrogens is 194 g/mol. The fourth-order valence-electron chi connectivity index (χ4n) is 1.53. The van der Waals surface area contributed by atoms with E-state index in [4.69, 9.17) is 0 Å². The predicted octanol–water partition coefficient (Wildman–Crippen LogP) is 3.74. The van der Waals surface area contributed by atoms with E-state index in [1.807, 2.05) is 0 Å². The van der Waals surface area contributed by atoms with Crippen molar-refractivity contribution in [1.29, 1.82) is 0 Å². The summed E-state index contributed by atoms with van der Waals surface area (Å²) in [6.07, 6.45) is 0. The van der Waals surface area contributed by atoms with Gasteiger partial charge in [0.25, 0.3) is 0 Å². The molecule has 0 aromatic heterocycles. The minimum absolute atomic E-state index is 0.00407. The molecular formula is C13H9F2. The van der Waals surface area contributed by atoms with Crippen LogP contribution in [0.15, 0.2) is 36.4 Å². The Morgan fingerprint density at radius 3 is 2.27 bits per heavy atom. The molecule has 0 aliphatic rings. The van der Waals surface area contributed by atoms with Crippen LogP contribution in [-0.2, 0) is 0 Å². The molecule has 0 atom stereocenters. The Bertz CT molecular complexity index is 469. The highest BCUT2D eigenvalue weighted by Gasteiger charge is 2.12. The third kappa shape index (κ3) is 1.75. The van der Waals surface area contributed by atoms with E-state index in [2.05, 4.69) is 6.07 Å². The van der Waals surface area contributed by atoms with Gasteiger partial charge in [0.05, 0.1) is 5.56 Å². The summed E-state index contributed by atoms with van der Waals surface area (Å²) in [7, 11) is 0. The molecule has 0 amide bonds. The quantitative estimate of drug-likeness (QED) is 0.662. The third-order valence-electron chi connectivity index (χ3n) is 2.28. The molecule has 0 fully saturated rings. The van der Waals surface area contributed by atoms with Crippen LogP contribution in [0.2, 0.25) is 0 Å². The Hall–Kier alpha value is -1.70. The van der Waals surface area contributed by atoms with Crippen LogP contribution < -0.4 is 0 Å². The van der Waals surface area contributed by atoms with E-state index in [-0.39, 0.29) is 5.56 Å². The van der Waals surface area contributed by atoms with Crippen LogP contribution in [-0.4, -0.2) is 0 Å². The fourth-order valence-corrected chi connectivity index (χ4v) is 1.53. The van der Waals surface area contributed by atoms with E-state index in [1.165, 1.54) is 18.2 Å². The summed E-state index contributed by atoms with van der Waals surface area (Å²) in [5.41, 5.74) is 1.28. The molecule has 0 spiro atoms. The molecule has 0 aliphatic carbocycles. The lowest BCUT2D eigenvalue weighted by Gasteiger charge is -2.07. The third-order valence-corrected chi connectivity index (χ3v) is 2.28. The van der Waals surface area contributed by atoms with Gasteiger partial charge in [-0.3, -0.25) is 0 Å². The van der Waals surface area contributed by atoms with Crippen molar-refractivity contribution in [2.24, 2.45) is 0 Å². The molecule has 15 heavy (non-hydrogen) atoms. The van der Waals surface area contributed by atoms with E-state index in [1.54, 1.807) is 25.1 Å². The molecule has 0 heterocycles. The SMILES string of the molecule is Cc1ccc[c]c1-c1c(F)cccc1F. The van der Waals surface area contributed by atoms with Gasteiger partial charge < -0.3 is 0 Å². The van der Waals surface area contributed by atoms with Crippen molar-refractivity contribution in [3.05, 3.63) is 59.7 Å². The van der Waals surface area contributed by atoms with E-state index in [0.717, 1.165) is 5.56 Å². The zero-order valence-corrected chi connectivity index (χ0v) is 8.22. The number of halogens is 2. The van der Waals surface area contributed by atoms with Crippen LogP contribution in [0.1, 0.15) is 5.56 Å². The molecule has 0 N–H and O–H groups in total. The Kier molecular flexibility index (Phi) is 2.50. The molecule has 0 bridgehead atoms. The first-order valence-corrected chi connectivity index (χ1v) is 4.62. The monoisotopic (exact) mass is 203 g/mol. The normalized spacial score (nSPS) is 10.3. The second-order valence-electron chi connectivity index (χ2n) is 3.32. The lowest BCUT2D eigenvalue weighted by atomic mass is 10.00. The summed E-state index contributed by atoms with van der Waals surface area (Å²) in [6, 6.07) is 11.9. The van der Waals surface area contributed by atoms with Crippen molar-refractivity contribution >= 4 is 0 Å². The maximum Gasteiger partial charge on any atom is 0.134 e. The van der Waals surface area contributed by atoms with E-state index >= 15 is 0 Å². The van der Waals surface area contributed by atoms with Gasteiger partial charge in [-0.15, -0.1) is 0 Å². The molecule has 0 unspecified atom stereocenters. The average molecular weight is 203 g/mol. The molecule has 0 nitrogen and oxygen atoms in total. The smallest absolute Gasteiger partial charge is 0.134 e. The van der Waals surface area contributed by atoms with Gasteiger partial charge in [0, 0.05) is 0 Å². The summed E-state index contributed by atoms with van der Waals surface area (Å²) in [6.45, 7) is 1.80. The first-order valence-electron chi connectivity index (χ1n) is 4.62. The largest absolute Gasteiger partial charge is 0.206 e. The zero-order valence-electron chi connectivity index (χ0n) is 8.22. The van der Waals surface area contributed by atoms with Crippen molar-refractivity contribution in [2.45, 2.75) is 6.92 Å². The van der Waals surface area contributed by atoms with E-state index in [0.29, 0.717) is 5.56 Å². The number of rotatable bonds is 1. The number of benzene rings is 2. The van der Waals surface area contributed by atoms with Gasteiger partial charge in [0.15, 0.2) is 0 Å². The van der Waals surface area contributed by atoms with Gasteiger partial charge in [-0.25, -0.2) is 8.78 Å². The lowest BCUT2D eigenvalue weighted by molar-refractivity contribution is 0.589. The van der Waals surface area contributed by atoms with Gasteiger partial charge in [-0.05, 0) is 36.2 Å². The topological polar surface area (TPSA) is 0 Å². The minimum atomic E-state index is -0.555. The van der Waals surface area contributed by atoms with Crippen molar-refractivity contribution in [3.8, 4) is 11.1 Å². The summed E-state index contributed by atoms with van der Waals surface area (Å²) >= 11 is 0. The minimum Gasteiger partial charge on any atom is -0.206 e. The maximum absolute atomic E-state index is 13.5. The second kappa shape index (κ2) is 3.81. The summed E-state index contributed by atoms with van der Waals surface area (Å²) in [5, 5.41) is 0. The maximum atomic E-state index is 13.5. The molecule has 0 aliphatic heterocycles. The molecule has 1 radical (unpaired) electrons. The van der Waals surface area contributed by atoms with Gasteiger partial charge in [-0.2, -0.15) is 0 Å². The van der Waals surface area contributed by atoms with Crippen LogP contribution >= 0.6 is 0 Å². The van der Waals surface area contributed by atoms with Crippen molar-refractivity contribution in [3.63, 3.8) is 0 Å². The van der Waals surface area contributed by atoms with Crippen molar-refractivity contribution in [2.75, 3.05) is 0 Å². The molecule has 2 rings (SSSR count). The standard InChI is InChI=1S/C13H9F2/c1-9-5-2-3-6-10(9)13-11(14)7-4-8-12(13)15/h2-5,7-8H,1H3. The number of hydrogen-bond acceptors (Lipinski definition) is 0. The van der Waals surface area contributed by atoms with Crippen LogP contribution in [0.3, 0.4) is 0 Å². The zero-order chi connectivity index (χ0) is 10.8. The van der Waals surface area contributed by atoms with Gasteiger partial charge in [0.1, 0.15) is 11.6 Å². The Morgan fingerprint density at radius 2 is 1.67 bits per heavy atom. The van der Waals surface area contributed by atoms with Crippen molar-refractivity contribution in [1.82, 2.24) is 0 Å². The van der Waals surface area contributed by atoms with E-state index < -0.39 is 11.6 Å². The van der Waals surface area contributed by atoms with Crippen LogP contribution in [0.4, 0.5) is 8.78 Å². The first-order chi connectivity index (χ1) is 7.20. The van der Waals surface area contributed by atoms with Gasteiger partial charge in [0.2, 0.25) is 0 Å². The number of aryl methyl sites for hydroxylation is 1. The number of hydrogen-bond donors (Lipinski definition) is 0. The first kappa shape index (κ1) is 9.84. The Balaban J connectivity index is 2.69. The molecule has 2 aromatic carbocycles.